The van der Waals surface area contributed by atoms with E-state index >= 15 is 0 Å². The van der Waals surface area contributed by atoms with Crippen LogP contribution < -0.4 is 10.6 Å². The summed E-state index contributed by atoms with van der Waals surface area (Å²) >= 11 is 0. The van der Waals surface area contributed by atoms with Gasteiger partial charge in [-0.1, -0.05) is 36.4 Å². The first kappa shape index (κ1) is 18.2. The second-order valence-corrected chi connectivity index (χ2v) is 7.18. The molecule has 0 unspecified atom stereocenters. The Morgan fingerprint density at radius 1 is 1.18 bits per heavy atom. The van der Waals surface area contributed by atoms with E-state index in [4.69, 9.17) is 0 Å². The van der Waals surface area contributed by atoms with E-state index in [2.05, 4.69) is 44.9 Å². The minimum atomic E-state index is -0.277. The van der Waals surface area contributed by atoms with E-state index in [1.807, 2.05) is 12.1 Å². The number of nitrogens with one attached hydrogen (secondary N) is 2. The summed E-state index contributed by atoms with van der Waals surface area (Å²) in [5, 5.41) is 6.69. The normalized spacial score (nSPS) is 15.3. The van der Waals surface area contributed by atoms with E-state index in [0.717, 1.165) is 18.1 Å². The minimum absolute atomic E-state index is 0.206. The summed E-state index contributed by atoms with van der Waals surface area (Å²) in [5.41, 5.74) is 2.92. The van der Waals surface area contributed by atoms with Crippen molar-refractivity contribution in [2.45, 2.75) is 24.8 Å². The number of halogens is 1. The molecule has 1 heterocycles. The third-order valence-corrected chi connectivity index (χ3v) is 5.31. The SMILES string of the molecule is CN=C(NCc1ccc(-n2ccnc2)c(F)c1)NCC1(c2ccccc2)CC1. The van der Waals surface area contributed by atoms with Crippen LogP contribution in [-0.2, 0) is 12.0 Å². The predicted molar refractivity (Wildman–Crippen MR) is 109 cm³/mol. The van der Waals surface area contributed by atoms with E-state index in [0.29, 0.717) is 12.2 Å². The zero-order chi connectivity index (χ0) is 19.4. The Morgan fingerprint density at radius 3 is 2.64 bits per heavy atom. The molecule has 1 fully saturated rings. The fourth-order valence-corrected chi connectivity index (χ4v) is 3.44. The van der Waals surface area contributed by atoms with Crippen molar-refractivity contribution in [2.75, 3.05) is 13.6 Å². The third-order valence-electron chi connectivity index (χ3n) is 5.31. The van der Waals surface area contributed by atoms with Crippen LogP contribution in [0, 0.1) is 5.82 Å². The Balaban J connectivity index is 1.34. The van der Waals surface area contributed by atoms with Crippen LogP contribution in [0.1, 0.15) is 24.0 Å². The van der Waals surface area contributed by atoms with Gasteiger partial charge in [-0.25, -0.2) is 9.37 Å². The van der Waals surface area contributed by atoms with Gasteiger partial charge in [-0.3, -0.25) is 4.99 Å². The first-order valence-corrected chi connectivity index (χ1v) is 9.47. The number of rotatable bonds is 6. The summed E-state index contributed by atoms with van der Waals surface area (Å²) in [7, 11) is 1.75. The number of hydrogen-bond acceptors (Lipinski definition) is 2. The molecule has 4 rings (SSSR count). The second-order valence-electron chi connectivity index (χ2n) is 7.18. The maximum Gasteiger partial charge on any atom is 0.191 e. The molecule has 2 N–H and O–H groups in total. The summed E-state index contributed by atoms with van der Waals surface area (Å²) in [6, 6.07) is 15.8. The molecule has 0 bridgehead atoms. The Labute approximate surface area is 164 Å². The van der Waals surface area contributed by atoms with Gasteiger partial charge in [0.2, 0.25) is 0 Å². The average molecular weight is 377 g/mol. The van der Waals surface area contributed by atoms with Gasteiger partial charge in [-0.05, 0) is 36.1 Å². The van der Waals surface area contributed by atoms with E-state index in [1.54, 1.807) is 42.5 Å². The minimum Gasteiger partial charge on any atom is -0.356 e. The van der Waals surface area contributed by atoms with Crippen molar-refractivity contribution >= 4 is 5.96 Å². The van der Waals surface area contributed by atoms with Crippen molar-refractivity contribution in [3.05, 3.63) is 84.2 Å². The largest absolute Gasteiger partial charge is 0.356 e. The van der Waals surface area contributed by atoms with Gasteiger partial charge in [-0.2, -0.15) is 0 Å². The van der Waals surface area contributed by atoms with E-state index in [-0.39, 0.29) is 11.2 Å². The topological polar surface area (TPSA) is 54.2 Å². The highest BCUT2D eigenvalue weighted by molar-refractivity contribution is 5.79. The number of aliphatic imine (C=N–C) groups is 1. The average Bonchev–Trinajstić information content (AvgIpc) is 3.33. The summed E-state index contributed by atoms with van der Waals surface area (Å²) in [5.74, 6) is 0.447. The summed E-state index contributed by atoms with van der Waals surface area (Å²) < 4.78 is 16.1. The van der Waals surface area contributed by atoms with E-state index in [9.17, 15) is 4.39 Å². The van der Waals surface area contributed by atoms with Crippen LogP contribution in [0.4, 0.5) is 4.39 Å². The van der Waals surface area contributed by atoms with Crippen molar-refractivity contribution in [3.63, 3.8) is 0 Å². The highest BCUT2D eigenvalue weighted by Crippen LogP contribution is 2.47. The number of benzene rings is 2. The molecule has 1 aliphatic carbocycles. The second kappa shape index (κ2) is 7.84. The quantitative estimate of drug-likeness (QED) is 0.511. The fourth-order valence-electron chi connectivity index (χ4n) is 3.44. The Hall–Kier alpha value is -3.15. The highest BCUT2D eigenvalue weighted by atomic mass is 19.1. The van der Waals surface area contributed by atoms with Crippen LogP contribution in [0.5, 0.6) is 0 Å². The molecular weight excluding hydrogens is 353 g/mol. The predicted octanol–water partition coefficient (Wildman–Crippen LogP) is 3.41. The van der Waals surface area contributed by atoms with Gasteiger partial charge in [0.15, 0.2) is 5.96 Å². The molecule has 3 aromatic rings. The van der Waals surface area contributed by atoms with Gasteiger partial charge in [-0.15, -0.1) is 0 Å². The van der Waals surface area contributed by atoms with Crippen LogP contribution in [-0.4, -0.2) is 29.1 Å². The molecule has 28 heavy (non-hydrogen) atoms. The zero-order valence-electron chi connectivity index (χ0n) is 15.9. The van der Waals surface area contributed by atoms with Crippen LogP contribution >= 0.6 is 0 Å². The van der Waals surface area contributed by atoms with Crippen LogP contribution in [0.25, 0.3) is 5.69 Å². The Morgan fingerprint density at radius 2 is 2.00 bits per heavy atom. The molecule has 0 aliphatic heterocycles. The molecule has 5 nitrogen and oxygen atoms in total. The lowest BCUT2D eigenvalue weighted by molar-refractivity contribution is 0.614. The number of guanidine groups is 1. The molecular formula is C22H24FN5. The number of nitrogens with zero attached hydrogens (tertiary/aromatic N) is 3. The van der Waals surface area contributed by atoms with E-state index < -0.39 is 0 Å². The first-order chi connectivity index (χ1) is 13.7. The molecule has 1 aromatic heterocycles. The van der Waals surface area contributed by atoms with Gasteiger partial charge in [0.05, 0.1) is 12.0 Å². The molecule has 144 valence electrons. The lowest BCUT2D eigenvalue weighted by atomic mass is 9.96. The van der Waals surface area contributed by atoms with Crippen LogP contribution in [0.2, 0.25) is 0 Å². The van der Waals surface area contributed by atoms with Gasteiger partial charge in [0, 0.05) is 37.9 Å². The monoisotopic (exact) mass is 377 g/mol. The van der Waals surface area contributed by atoms with Gasteiger partial charge in [0.1, 0.15) is 5.82 Å². The molecule has 2 aromatic carbocycles. The van der Waals surface area contributed by atoms with Crippen molar-refractivity contribution in [2.24, 2.45) is 4.99 Å². The zero-order valence-corrected chi connectivity index (χ0v) is 15.9. The van der Waals surface area contributed by atoms with Crippen molar-refractivity contribution in [3.8, 4) is 5.69 Å². The molecule has 0 spiro atoms. The van der Waals surface area contributed by atoms with Crippen molar-refractivity contribution in [1.82, 2.24) is 20.2 Å². The van der Waals surface area contributed by atoms with Crippen LogP contribution in [0.3, 0.4) is 0 Å². The Bertz CT molecular complexity index is 946. The highest BCUT2D eigenvalue weighted by Gasteiger charge is 2.43. The smallest absolute Gasteiger partial charge is 0.191 e. The van der Waals surface area contributed by atoms with Gasteiger partial charge in [0.25, 0.3) is 0 Å². The summed E-state index contributed by atoms with van der Waals surface area (Å²) in [6.45, 7) is 1.34. The molecule has 1 saturated carbocycles. The molecule has 6 heteroatoms. The standard InChI is InChI=1S/C22H24FN5/c1-24-21(27-15-22(9-10-22)18-5-3-2-4-6-18)26-14-17-7-8-20(19(23)13-17)28-12-11-25-16-28/h2-8,11-13,16H,9-10,14-15H2,1H3,(H2,24,26,27). The fraction of sp³-hybridized carbons (Fsp3) is 0.273. The van der Waals surface area contributed by atoms with Gasteiger partial charge >= 0.3 is 0 Å². The molecule has 0 atom stereocenters. The number of imidazole rings is 1. The molecule has 0 saturated heterocycles. The van der Waals surface area contributed by atoms with Crippen molar-refractivity contribution in [1.29, 1.82) is 0 Å². The first-order valence-electron chi connectivity index (χ1n) is 9.47. The third kappa shape index (κ3) is 3.91. The molecule has 1 aliphatic rings. The van der Waals surface area contributed by atoms with Crippen LogP contribution in [0.15, 0.2) is 72.2 Å². The van der Waals surface area contributed by atoms with Crippen molar-refractivity contribution < 1.29 is 4.39 Å². The maximum atomic E-state index is 14.4. The number of hydrogen-bond donors (Lipinski definition) is 2. The number of aromatic nitrogens is 2. The summed E-state index contributed by atoms with van der Waals surface area (Å²) in [4.78, 5) is 8.26. The summed E-state index contributed by atoms with van der Waals surface area (Å²) in [6.07, 6.45) is 7.31. The molecule has 0 radical (unpaired) electrons. The lowest BCUT2D eigenvalue weighted by Gasteiger charge is -2.19. The molecule has 0 amide bonds. The van der Waals surface area contributed by atoms with Gasteiger partial charge < -0.3 is 15.2 Å². The maximum absolute atomic E-state index is 14.4. The Kier molecular flexibility index (Phi) is 5.10. The lowest BCUT2D eigenvalue weighted by Crippen LogP contribution is -2.40. The van der Waals surface area contributed by atoms with E-state index in [1.165, 1.54) is 18.4 Å².